The predicted octanol–water partition coefficient (Wildman–Crippen LogP) is 2.01. The van der Waals surface area contributed by atoms with Crippen LogP contribution < -0.4 is 16.8 Å². The Morgan fingerprint density at radius 1 is 1.07 bits per heavy atom. The molecule has 2 amide bonds. The van der Waals surface area contributed by atoms with E-state index in [-0.39, 0.29) is 34.9 Å². The average molecular weight is 594 g/mol. The first-order valence-corrected chi connectivity index (χ1v) is 13.5. The summed E-state index contributed by atoms with van der Waals surface area (Å²) in [6.45, 7) is 6.90. The van der Waals surface area contributed by atoms with Gasteiger partial charge < -0.3 is 51.1 Å². The van der Waals surface area contributed by atoms with Gasteiger partial charge in [0.05, 0.1) is 23.6 Å². The molecule has 8 atom stereocenters. The molecule has 0 saturated heterocycles. The van der Waals surface area contributed by atoms with E-state index in [2.05, 4.69) is 5.32 Å². The highest BCUT2D eigenvalue weighted by atomic mass is 16.7. The van der Waals surface area contributed by atoms with E-state index in [0.717, 1.165) is 0 Å². The number of carbonyl (C=O) groups is 3. The Hall–Kier alpha value is -3.65. The topological polar surface area (TPSA) is 213 Å². The predicted molar refractivity (Wildman–Crippen MR) is 153 cm³/mol. The number of methoxy groups -OCH3 is 2. The van der Waals surface area contributed by atoms with Crippen LogP contribution >= 0.6 is 0 Å². The lowest BCUT2D eigenvalue weighted by Gasteiger charge is -2.32. The molecule has 13 nitrogen and oxygen atoms in total. The zero-order chi connectivity index (χ0) is 31.7. The number of carbonyl (C=O) groups excluding carboxylic acids is 2. The molecule has 0 saturated carbocycles. The Labute approximate surface area is 245 Å². The van der Waals surface area contributed by atoms with Crippen molar-refractivity contribution in [2.45, 2.75) is 77.2 Å². The Bertz CT molecular complexity index is 1160. The number of carboxylic acid groups (broad SMARTS) is 1. The van der Waals surface area contributed by atoms with E-state index in [0.29, 0.717) is 12.0 Å². The van der Waals surface area contributed by atoms with Crippen molar-refractivity contribution >= 4 is 18.2 Å². The highest BCUT2D eigenvalue weighted by Crippen LogP contribution is 2.31. The molecular formula is C29H43N3O10. The third-order valence-electron chi connectivity index (χ3n) is 7.34. The first-order valence-electron chi connectivity index (χ1n) is 13.5. The third kappa shape index (κ3) is 9.18. The Morgan fingerprint density at radius 3 is 2.31 bits per heavy atom. The van der Waals surface area contributed by atoms with Crippen LogP contribution in [0, 0.1) is 11.8 Å². The zero-order valence-corrected chi connectivity index (χ0v) is 24.8. The minimum Gasteiger partial charge on any atom is -0.450 e. The summed E-state index contributed by atoms with van der Waals surface area (Å²) in [5.74, 6) is -1.25. The summed E-state index contributed by atoms with van der Waals surface area (Å²) in [5.41, 5.74) is 12.7. The first kappa shape index (κ1) is 34.6. The second-order valence-electron chi connectivity index (χ2n) is 10.6. The maximum absolute atomic E-state index is 13.0. The summed E-state index contributed by atoms with van der Waals surface area (Å²) in [4.78, 5) is 36.0. The van der Waals surface area contributed by atoms with Gasteiger partial charge in [-0.1, -0.05) is 38.2 Å². The third-order valence-corrected chi connectivity index (χ3v) is 7.34. The largest absolute Gasteiger partial charge is 0.506 e. The standard InChI is InChI=1S/C29H43N3O10/c1-14-10-18-23(30)21(41-29(37)38)13-19(25(18)34)32-27(35)15(2)8-7-9-20(39-5)26(42-28(31)36)17(4)12-16(3)24(33)22(11-14)40-6/h7-9,12-14,16,20-22,24-26,33-34H,10-11,30H2,1-6H3,(H2,31,36)(H,32,35)(H,37,38)/b9-7+,15-8-,17-12+/t14-,16+,20+,21?,22+,24-,25?,26+/m1/s1. The number of primary amides is 1. The maximum Gasteiger partial charge on any atom is 0.506 e. The van der Waals surface area contributed by atoms with Crippen molar-refractivity contribution in [1.29, 1.82) is 0 Å². The highest BCUT2D eigenvalue weighted by molar-refractivity contribution is 5.94. The monoisotopic (exact) mass is 593 g/mol. The van der Waals surface area contributed by atoms with E-state index in [1.165, 1.54) is 39.4 Å². The van der Waals surface area contributed by atoms with Crippen molar-refractivity contribution in [1.82, 2.24) is 5.32 Å². The van der Waals surface area contributed by atoms with Gasteiger partial charge in [0, 0.05) is 25.7 Å². The second kappa shape index (κ2) is 15.5. The quantitative estimate of drug-likeness (QED) is 0.205. The Morgan fingerprint density at radius 2 is 1.74 bits per heavy atom. The summed E-state index contributed by atoms with van der Waals surface area (Å²) in [5, 5.41) is 34.2. The molecule has 1 aliphatic carbocycles. The van der Waals surface area contributed by atoms with Crippen molar-refractivity contribution in [2.75, 3.05) is 14.2 Å². The maximum atomic E-state index is 13.0. The normalized spacial score (nSPS) is 35.0. The number of allylic oxidation sites excluding steroid dienone is 2. The van der Waals surface area contributed by atoms with E-state index in [4.69, 9.17) is 30.4 Å². The molecule has 0 aromatic carbocycles. The second-order valence-corrected chi connectivity index (χ2v) is 10.6. The molecule has 2 unspecified atom stereocenters. The van der Waals surface area contributed by atoms with Gasteiger partial charge in [-0.15, -0.1) is 0 Å². The molecule has 8 N–H and O–H groups in total. The fourth-order valence-corrected chi connectivity index (χ4v) is 5.06. The number of fused-ring (bicyclic) bond motifs is 2. The van der Waals surface area contributed by atoms with Crippen molar-refractivity contribution in [3.05, 3.63) is 58.5 Å². The molecule has 0 spiro atoms. The fraction of sp³-hybridized carbons (Fsp3) is 0.552. The molecule has 1 aliphatic heterocycles. The van der Waals surface area contributed by atoms with E-state index >= 15 is 0 Å². The Kier molecular flexibility index (Phi) is 12.8. The zero-order valence-electron chi connectivity index (χ0n) is 24.8. The first-order chi connectivity index (χ1) is 19.7. The molecule has 1 heterocycles. The number of hydrogen-bond acceptors (Lipinski definition) is 10. The molecule has 0 aromatic rings. The molecular weight excluding hydrogens is 550 g/mol. The van der Waals surface area contributed by atoms with Crippen LogP contribution in [0.1, 0.15) is 40.5 Å². The lowest BCUT2D eigenvalue weighted by molar-refractivity contribution is -0.117. The van der Waals surface area contributed by atoms with Crippen molar-refractivity contribution in [2.24, 2.45) is 23.3 Å². The Balaban J connectivity index is 2.62. The molecule has 234 valence electrons. The summed E-state index contributed by atoms with van der Waals surface area (Å²) in [7, 11) is 2.89. The van der Waals surface area contributed by atoms with Gasteiger partial charge in [0.15, 0.2) is 12.2 Å². The van der Waals surface area contributed by atoms with Gasteiger partial charge in [0.25, 0.3) is 5.91 Å². The van der Waals surface area contributed by atoms with Crippen LogP contribution in [0.15, 0.2) is 58.5 Å². The van der Waals surface area contributed by atoms with Gasteiger partial charge in [0.1, 0.15) is 12.2 Å². The smallest absolute Gasteiger partial charge is 0.450 e. The van der Waals surface area contributed by atoms with Crippen molar-refractivity contribution in [3.63, 3.8) is 0 Å². The minimum atomic E-state index is -1.58. The number of rotatable bonds is 4. The number of aliphatic hydroxyl groups excluding tert-OH is 2. The number of ether oxygens (including phenoxy) is 4. The van der Waals surface area contributed by atoms with Gasteiger partial charge in [-0.2, -0.15) is 0 Å². The van der Waals surface area contributed by atoms with Crippen LogP contribution in [0.2, 0.25) is 0 Å². The SMILES string of the molecule is CO[C@H]1/C=C/C=C(/C)C(=O)NC2=CC(OC(=O)O)C(N)=C(C[C@@H](C)C[C@H](OC)[C@H](O)[C@@H](C)/C=C(\C)[C@@H]1OC(N)=O)C2O. The minimum absolute atomic E-state index is 0.0127. The van der Waals surface area contributed by atoms with E-state index in [9.17, 15) is 29.7 Å². The summed E-state index contributed by atoms with van der Waals surface area (Å²) >= 11 is 0. The summed E-state index contributed by atoms with van der Waals surface area (Å²) < 4.78 is 21.4. The molecule has 2 rings (SSSR count). The molecule has 2 aliphatic rings. The van der Waals surface area contributed by atoms with Crippen LogP contribution in [-0.2, 0) is 23.7 Å². The number of hydrogen-bond donors (Lipinski definition) is 6. The molecule has 13 heteroatoms. The average Bonchev–Trinajstić information content (AvgIpc) is 2.92. The number of aliphatic hydroxyl groups is 2. The molecule has 0 aromatic heterocycles. The van der Waals surface area contributed by atoms with Gasteiger partial charge in [-0.3, -0.25) is 4.79 Å². The van der Waals surface area contributed by atoms with Crippen molar-refractivity contribution in [3.8, 4) is 0 Å². The van der Waals surface area contributed by atoms with E-state index in [1.54, 1.807) is 26.0 Å². The van der Waals surface area contributed by atoms with Crippen LogP contribution in [0.5, 0.6) is 0 Å². The molecule has 0 radical (unpaired) electrons. The van der Waals surface area contributed by atoms with Gasteiger partial charge in [-0.05, 0) is 49.8 Å². The lowest BCUT2D eigenvalue weighted by Crippen LogP contribution is -2.40. The lowest BCUT2D eigenvalue weighted by atomic mass is 9.84. The molecule has 0 fully saturated rings. The van der Waals surface area contributed by atoms with Crippen LogP contribution in [0.4, 0.5) is 9.59 Å². The van der Waals surface area contributed by atoms with Crippen LogP contribution in [0.3, 0.4) is 0 Å². The summed E-state index contributed by atoms with van der Waals surface area (Å²) in [6.07, 6.45) is -0.399. The van der Waals surface area contributed by atoms with Gasteiger partial charge in [0.2, 0.25) is 0 Å². The molecule has 2 bridgehead atoms. The molecule has 42 heavy (non-hydrogen) atoms. The van der Waals surface area contributed by atoms with E-state index < -0.39 is 60.7 Å². The number of nitrogens with one attached hydrogen (secondary N) is 1. The number of nitrogens with two attached hydrogens (primary N) is 2. The summed E-state index contributed by atoms with van der Waals surface area (Å²) in [6, 6.07) is 0. The van der Waals surface area contributed by atoms with Crippen LogP contribution in [-0.4, -0.2) is 84.3 Å². The van der Waals surface area contributed by atoms with Crippen LogP contribution in [0.25, 0.3) is 0 Å². The van der Waals surface area contributed by atoms with Gasteiger partial charge in [-0.25, -0.2) is 9.59 Å². The van der Waals surface area contributed by atoms with E-state index in [1.807, 2.05) is 6.92 Å². The highest BCUT2D eigenvalue weighted by Gasteiger charge is 2.34. The van der Waals surface area contributed by atoms with Gasteiger partial charge >= 0.3 is 12.2 Å². The fourth-order valence-electron chi connectivity index (χ4n) is 5.06. The van der Waals surface area contributed by atoms with Crippen molar-refractivity contribution < 1.29 is 48.7 Å². The number of amides is 2.